The van der Waals surface area contributed by atoms with Gasteiger partial charge in [0, 0.05) is 23.1 Å². The highest BCUT2D eigenvalue weighted by Gasteiger charge is 2.29. The maximum Gasteiger partial charge on any atom is 0.242 e. The van der Waals surface area contributed by atoms with Crippen LogP contribution in [0.3, 0.4) is 0 Å². The van der Waals surface area contributed by atoms with Crippen LogP contribution in [-0.4, -0.2) is 29.3 Å². The molecule has 0 aromatic heterocycles. The minimum atomic E-state index is -0.637. The number of unbranched alkanes of at least 4 members (excludes halogenated alkanes) is 1. The van der Waals surface area contributed by atoms with Crippen molar-refractivity contribution in [2.45, 2.75) is 52.1 Å². The summed E-state index contributed by atoms with van der Waals surface area (Å²) >= 11 is 12.3. The molecule has 0 radical (unpaired) electrons. The van der Waals surface area contributed by atoms with E-state index in [2.05, 4.69) is 5.32 Å². The van der Waals surface area contributed by atoms with E-state index in [1.54, 1.807) is 35.2 Å². The molecule has 2 rings (SSSR count). The normalized spacial score (nSPS) is 11.8. The van der Waals surface area contributed by atoms with E-state index in [1.165, 1.54) is 12.1 Å². The topological polar surface area (TPSA) is 49.4 Å². The maximum absolute atomic E-state index is 13.2. The molecule has 0 aliphatic heterocycles. The predicted octanol–water partition coefficient (Wildman–Crippen LogP) is 5.40. The number of carbonyl (C=O) groups excluding carboxylic acids is 2. The van der Waals surface area contributed by atoms with Crippen molar-refractivity contribution in [3.05, 3.63) is 69.5 Å². The van der Waals surface area contributed by atoms with Gasteiger partial charge in [0.25, 0.3) is 0 Å². The van der Waals surface area contributed by atoms with E-state index in [4.69, 9.17) is 23.2 Å². The third kappa shape index (κ3) is 6.99. The van der Waals surface area contributed by atoms with E-state index in [0.29, 0.717) is 34.1 Å². The molecule has 4 nitrogen and oxygen atoms in total. The van der Waals surface area contributed by atoms with E-state index < -0.39 is 6.04 Å². The minimum absolute atomic E-state index is 0.0598. The predicted molar refractivity (Wildman–Crippen MR) is 119 cm³/mol. The summed E-state index contributed by atoms with van der Waals surface area (Å²) < 4.78 is 13.2. The second-order valence-electron chi connectivity index (χ2n) is 7.13. The van der Waals surface area contributed by atoms with Crippen molar-refractivity contribution >= 4 is 35.0 Å². The van der Waals surface area contributed by atoms with Crippen molar-refractivity contribution in [1.29, 1.82) is 0 Å². The van der Waals surface area contributed by atoms with Gasteiger partial charge in [0.2, 0.25) is 11.8 Å². The second kappa shape index (κ2) is 11.9. The average molecular weight is 453 g/mol. The fourth-order valence-corrected chi connectivity index (χ4v) is 3.61. The molecular weight excluding hydrogens is 426 g/mol. The van der Waals surface area contributed by atoms with Crippen LogP contribution < -0.4 is 5.32 Å². The first kappa shape index (κ1) is 24.2. The zero-order chi connectivity index (χ0) is 22.1. The summed E-state index contributed by atoms with van der Waals surface area (Å²) in [6.07, 6.45) is 2.35. The lowest BCUT2D eigenvalue weighted by Crippen LogP contribution is -2.49. The summed E-state index contributed by atoms with van der Waals surface area (Å²) in [5, 5.41) is 3.85. The Labute approximate surface area is 187 Å². The number of halogens is 3. The Hall–Kier alpha value is -2.11. The summed E-state index contributed by atoms with van der Waals surface area (Å²) in [5.41, 5.74) is 1.38. The smallest absolute Gasteiger partial charge is 0.242 e. The monoisotopic (exact) mass is 452 g/mol. The summed E-state index contributed by atoms with van der Waals surface area (Å²) in [7, 11) is 0. The number of hydrogen-bond acceptors (Lipinski definition) is 2. The molecule has 0 saturated heterocycles. The molecule has 0 aliphatic rings. The SMILES string of the molecule is CCCCNC(=O)C(CC)N(Cc1ccc(Cl)cc1Cl)C(=O)Cc1ccc(F)cc1. The van der Waals surface area contributed by atoms with Crippen LogP contribution >= 0.6 is 23.2 Å². The molecule has 7 heteroatoms. The number of hydrogen-bond donors (Lipinski definition) is 1. The number of carbonyl (C=O) groups is 2. The summed E-state index contributed by atoms with van der Waals surface area (Å²) in [5.74, 6) is -0.786. The van der Waals surface area contributed by atoms with Gasteiger partial charge in [-0.3, -0.25) is 9.59 Å². The number of nitrogens with zero attached hydrogens (tertiary/aromatic N) is 1. The lowest BCUT2D eigenvalue weighted by molar-refractivity contribution is -0.140. The fourth-order valence-electron chi connectivity index (χ4n) is 3.14. The van der Waals surface area contributed by atoms with Crippen LogP contribution in [0.2, 0.25) is 10.0 Å². The second-order valence-corrected chi connectivity index (χ2v) is 7.97. The van der Waals surface area contributed by atoms with Crippen molar-refractivity contribution in [1.82, 2.24) is 10.2 Å². The van der Waals surface area contributed by atoms with Gasteiger partial charge in [0.1, 0.15) is 11.9 Å². The van der Waals surface area contributed by atoms with Gasteiger partial charge in [-0.2, -0.15) is 0 Å². The molecule has 2 aromatic carbocycles. The van der Waals surface area contributed by atoms with Gasteiger partial charge in [-0.25, -0.2) is 4.39 Å². The molecule has 2 amide bonds. The molecule has 0 spiro atoms. The Kier molecular flexibility index (Phi) is 9.60. The van der Waals surface area contributed by atoms with Gasteiger partial charge >= 0.3 is 0 Å². The van der Waals surface area contributed by atoms with E-state index in [9.17, 15) is 14.0 Å². The van der Waals surface area contributed by atoms with Gasteiger partial charge in [-0.15, -0.1) is 0 Å². The molecule has 0 bridgehead atoms. The highest BCUT2D eigenvalue weighted by molar-refractivity contribution is 6.35. The largest absolute Gasteiger partial charge is 0.354 e. The number of amides is 2. The Morgan fingerprint density at radius 1 is 1.10 bits per heavy atom. The van der Waals surface area contributed by atoms with Gasteiger partial charge in [0.15, 0.2) is 0 Å². The molecule has 2 aromatic rings. The first-order valence-electron chi connectivity index (χ1n) is 10.1. The molecular formula is C23H27Cl2FN2O2. The van der Waals surface area contributed by atoms with Crippen molar-refractivity contribution in [2.24, 2.45) is 0 Å². The van der Waals surface area contributed by atoms with E-state index in [0.717, 1.165) is 12.8 Å². The van der Waals surface area contributed by atoms with Crippen LogP contribution in [0, 0.1) is 5.82 Å². The van der Waals surface area contributed by atoms with Gasteiger partial charge in [0.05, 0.1) is 6.42 Å². The molecule has 30 heavy (non-hydrogen) atoms. The van der Waals surface area contributed by atoms with Gasteiger partial charge in [-0.05, 0) is 48.2 Å². The highest BCUT2D eigenvalue weighted by Crippen LogP contribution is 2.24. The number of benzene rings is 2. The zero-order valence-corrected chi connectivity index (χ0v) is 18.8. The van der Waals surface area contributed by atoms with Crippen LogP contribution in [0.15, 0.2) is 42.5 Å². The van der Waals surface area contributed by atoms with Gasteiger partial charge in [-0.1, -0.05) is 61.7 Å². The summed E-state index contributed by atoms with van der Waals surface area (Å²) in [4.78, 5) is 27.6. The molecule has 162 valence electrons. The van der Waals surface area contributed by atoms with E-state index in [-0.39, 0.29) is 30.6 Å². The standard InChI is InChI=1S/C23H27Cl2FN2O2/c1-3-5-12-27-23(30)21(4-2)28(15-17-8-9-18(24)14-20(17)25)22(29)13-16-6-10-19(26)11-7-16/h6-11,14,21H,3-5,12-13,15H2,1-2H3,(H,27,30). The zero-order valence-electron chi connectivity index (χ0n) is 17.3. The Morgan fingerprint density at radius 3 is 2.40 bits per heavy atom. The van der Waals surface area contributed by atoms with Gasteiger partial charge < -0.3 is 10.2 Å². The van der Waals surface area contributed by atoms with Crippen LogP contribution in [0.1, 0.15) is 44.2 Å². The lowest BCUT2D eigenvalue weighted by atomic mass is 10.1. The molecule has 1 atom stereocenters. The van der Waals surface area contributed by atoms with Crippen molar-refractivity contribution in [3.63, 3.8) is 0 Å². The van der Waals surface area contributed by atoms with Crippen molar-refractivity contribution in [2.75, 3.05) is 6.54 Å². The molecule has 0 saturated carbocycles. The van der Waals surface area contributed by atoms with E-state index >= 15 is 0 Å². The average Bonchev–Trinajstić information content (AvgIpc) is 2.71. The van der Waals surface area contributed by atoms with Crippen LogP contribution in [0.5, 0.6) is 0 Å². The Balaban J connectivity index is 2.28. The summed E-state index contributed by atoms with van der Waals surface area (Å²) in [6, 6.07) is 10.2. The molecule has 1 unspecified atom stereocenters. The van der Waals surface area contributed by atoms with E-state index in [1.807, 2.05) is 13.8 Å². The lowest BCUT2D eigenvalue weighted by Gasteiger charge is -2.31. The number of nitrogens with one attached hydrogen (secondary N) is 1. The van der Waals surface area contributed by atoms with Crippen LogP contribution in [-0.2, 0) is 22.6 Å². The first-order chi connectivity index (χ1) is 14.3. The van der Waals surface area contributed by atoms with Crippen molar-refractivity contribution < 1.29 is 14.0 Å². The summed E-state index contributed by atoms with van der Waals surface area (Å²) in [6.45, 7) is 4.65. The quantitative estimate of drug-likeness (QED) is 0.490. The van der Waals surface area contributed by atoms with Crippen LogP contribution in [0.4, 0.5) is 4.39 Å². The Bertz CT molecular complexity index is 859. The fraction of sp³-hybridized carbons (Fsp3) is 0.391. The number of rotatable bonds is 10. The molecule has 1 N–H and O–H groups in total. The molecule has 0 aliphatic carbocycles. The third-order valence-corrected chi connectivity index (χ3v) is 5.43. The third-order valence-electron chi connectivity index (χ3n) is 4.84. The molecule has 0 heterocycles. The Morgan fingerprint density at radius 2 is 1.80 bits per heavy atom. The van der Waals surface area contributed by atoms with Crippen LogP contribution in [0.25, 0.3) is 0 Å². The van der Waals surface area contributed by atoms with Crippen molar-refractivity contribution in [3.8, 4) is 0 Å². The first-order valence-corrected chi connectivity index (χ1v) is 10.9. The minimum Gasteiger partial charge on any atom is -0.354 e. The highest BCUT2D eigenvalue weighted by atomic mass is 35.5. The molecule has 0 fully saturated rings. The maximum atomic E-state index is 13.2.